The zero-order chi connectivity index (χ0) is 14.8. The van der Waals surface area contributed by atoms with Crippen LogP contribution in [0.3, 0.4) is 0 Å². The maximum absolute atomic E-state index is 12.7. The zero-order valence-corrected chi connectivity index (χ0v) is 12.9. The van der Waals surface area contributed by atoms with Gasteiger partial charge < -0.3 is 11.1 Å². The molecule has 0 unspecified atom stereocenters. The maximum atomic E-state index is 12.7. The van der Waals surface area contributed by atoms with E-state index in [2.05, 4.69) is 10.4 Å². The van der Waals surface area contributed by atoms with Crippen LogP contribution < -0.4 is 11.1 Å². The molecule has 1 aromatic rings. The monoisotopic (exact) mass is 294 g/mol. The van der Waals surface area contributed by atoms with Crippen molar-refractivity contribution >= 4 is 28.9 Å². The summed E-state index contributed by atoms with van der Waals surface area (Å²) in [5, 5.41) is 7.18. The minimum atomic E-state index is -0.695. The number of thiocarbonyl (C=S) groups is 1. The molecular weight excluding hydrogens is 272 g/mol. The lowest BCUT2D eigenvalue weighted by Gasteiger charge is -2.34. The summed E-state index contributed by atoms with van der Waals surface area (Å²) in [6, 6.07) is 1.99. The van der Waals surface area contributed by atoms with Crippen LogP contribution in [-0.2, 0) is 4.79 Å². The van der Waals surface area contributed by atoms with E-state index in [9.17, 15) is 4.79 Å². The Morgan fingerprint density at radius 3 is 2.65 bits per heavy atom. The lowest BCUT2D eigenvalue weighted by molar-refractivity contribution is -0.123. The summed E-state index contributed by atoms with van der Waals surface area (Å²) in [5.74, 6) is 0.610. The molecule has 0 spiro atoms. The molecule has 20 heavy (non-hydrogen) atoms. The summed E-state index contributed by atoms with van der Waals surface area (Å²) in [7, 11) is 0. The molecular formula is C14H22N4OS. The molecule has 0 radical (unpaired) electrons. The van der Waals surface area contributed by atoms with Gasteiger partial charge in [0.15, 0.2) is 0 Å². The van der Waals surface area contributed by atoms with Crippen LogP contribution in [0.15, 0.2) is 12.3 Å². The van der Waals surface area contributed by atoms with E-state index < -0.39 is 5.41 Å². The number of rotatable bonds is 4. The molecule has 6 heteroatoms. The fourth-order valence-corrected chi connectivity index (χ4v) is 3.10. The van der Waals surface area contributed by atoms with Gasteiger partial charge in [0.05, 0.1) is 16.6 Å². The van der Waals surface area contributed by atoms with Gasteiger partial charge in [-0.15, -0.1) is 0 Å². The van der Waals surface area contributed by atoms with Crippen molar-refractivity contribution in [3.63, 3.8) is 0 Å². The summed E-state index contributed by atoms with van der Waals surface area (Å²) in [6.45, 7) is 4.04. The number of amides is 1. The van der Waals surface area contributed by atoms with Crippen LogP contribution in [0.2, 0.25) is 0 Å². The van der Waals surface area contributed by atoms with E-state index in [-0.39, 0.29) is 11.9 Å². The third-order valence-corrected chi connectivity index (χ3v) is 4.41. The fraction of sp³-hybridized carbons (Fsp3) is 0.643. The highest BCUT2D eigenvalue weighted by atomic mass is 32.1. The van der Waals surface area contributed by atoms with Crippen molar-refractivity contribution in [1.82, 2.24) is 9.78 Å². The van der Waals surface area contributed by atoms with Gasteiger partial charge in [-0.25, -0.2) is 4.68 Å². The minimum absolute atomic E-state index is 0.0906. The van der Waals surface area contributed by atoms with Crippen LogP contribution >= 0.6 is 12.2 Å². The number of aromatic nitrogens is 2. The van der Waals surface area contributed by atoms with Gasteiger partial charge in [-0.1, -0.05) is 31.5 Å². The van der Waals surface area contributed by atoms with Gasteiger partial charge in [0.1, 0.15) is 5.82 Å². The number of carbonyl (C=O) groups excluding carboxylic acids is 1. The number of anilines is 1. The maximum Gasteiger partial charge on any atom is 0.238 e. The van der Waals surface area contributed by atoms with Crippen molar-refractivity contribution in [2.24, 2.45) is 11.1 Å². The lowest BCUT2D eigenvalue weighted by Crippen LogP contribution is -2.47. The van der Waals surface area contributed by atoms with Crippen LogP contribution in [-0.4, -0.2) is 20.7 Å². The molecule has 110 valence electrons. The highest BCUT2D eigenvalue weighted by Crippen LogP contribution is 2.37. The third-order valence-electron chi connectivity index (χ3n) is 4.01. The van der Waals surface area contributed by atoms with Crippen molar-refractivity contribution in [2.75, 3.05) is 5.32 Å². The van der Waals surface area contributed by atoms with E-state index in [0.717, 1.165) is 32.1 Å². The van der Waals surface area contributed by atoms with Gasteiger partial charge in [-0.05, 0) is 26.7 Å². The second-order valence-corrected chi connectivity index (χ2v) is 6.16. The van der Waals surface area contributed by atoms with Crippen LogP contribution in [0.4, 0.5) is 5.82 Å². The number of nitrogens with zero attached hydrogens (tertiary/aromatic N) is 2. The summed E-state index contributed by atoms with van der Waals surface area (Å²) in [6.07, 6.45) is 6.29. The molecule has 1 saturated carbocycles. The summed E-state index contributed by atoms with van der Waals surface area (Å²) < 4.78 is 1.79. The molecule has 0 bridgehead atoms. The Hall–Kier alpha value is -1.43. The third kappa shape index (κ3) is 2.70. The first-order valence-electron chi connectivity index (χ1n) is 7.12. The van der Waals surface area contributed by atoms with E-state index in [0.29, 0.717) is 10.8 Å². The van der Waals surface area contributed by atoms with Gasteiger partial charge in [0, 0.05) is 12.1 Å². The molecule has 1 aromatic heterocycles. The van der Waals surface area contributed by atoms with Crippen LogP contribution in [0, 0.1) is 5.41 Å². The van der Waals surface area contributed by atoms with E-state index in [1.54, 1.807) is 16.9 Å². The van der Waals surface area contributed by atoms with Gasteiger partial charge >= 0.3 is 0 Å². The quantitative estimate of drug-likeness (QED) is 0.837. The van der Waals surface area contributed by atoms with E-state index in [1.807, 2.05) is 13.8 Å². The Balaban J connectivity index is 2.21. The molecule has 1 fully saturated rings. The van der Waals surface area contributed by atoms with Crippen LogP contribution in [0.5, 0.6) is 0 Å². The summed E-state index contributed by atoms with van der Waals surface area (Å²) in [4.78, 5) is 13.0. The molecule has 0 atom stereocenters. The molecule has 1 amide bonds. The number of nitrogens with one attached hydrogen (secondary N) is 1. The smallest absolute Gasteiger partial charge is 0.238 e. The number of nitrogens with two attached hydrogens (primary N) is 1. The highest BCUT2D eigenvalue weighted by Gasteiger charge is 2.42. The highest BCUT2D eigenvalue weighted by molar-refractivity contribution is 7.80. The van der Waals surface area contributed by atoms with Crippen molar-refractivity contribution in [3.8, 4) is 0 Å². The summed E-state index contributed by atoms with van der Waals surface area (Å²) in [5.41, 5.74) is 5.18. The van der Waals surface area contributed by atoms with E-state index >= 15 is 0 Å². The topological polar surface area (TPSA) is 72.9 Å². The second kappa shape index (κ2) is 5.91. The Morgan fingerprint density at radius 1 is 1.45 bits per heavy atom. The zero-order valence-electron chi connectivity index (χ0n) is 12.1. The Labute approximate surface area is 124 Å². The molecule has 2 rings (SSSR count). The van der Waals surface area contributed by atoms with Gasteiger partial charge in [0.25, 0.3) is 0 Å². The molecule has 3 N–H and O–H groups in total. The molecule has 0 aliphatic heterocycles. The average Bonchev–Trinajstić information content (AvgIpc) is 2.87. The lowest BCUT2D eigenvalue weighted by atomic mass is 9.73. The molecule has 1 heterocycles. The first-order chi connectivity index (χ1) is 9.47. The predicted octanol–water partition coefficient (Wildman–Crippen LogP) is 2.64. The molecule has 1 aliphatic rings. The fourth-order valence-electron chi connectivity index (χ4n) is 2.80. The molecule has 1 aliphatic carbocycles. The molecule has 0 saturated heterocycles. The first kappa shape index (κ1) is 15.0. The largest absolute Gasteiger partial charge is 0.392 e. The molecule has 5 nitrogen and oxygen atoms in total. The van der Waals surface area contributed by atoms with Gasteiger partial charge in [-0.2, -0.15) is 5.10 Å². The van der Waals surface area contributed by atoms with Crippen molar-refractivity contribution < 1.29 is 4.79 Å². The Morgan fingerprint density at radius 2 is 2.10 bits per heavy atom. The Kier molecular flexibility index (Phi) is 4.42. The minimum Gasteiger partial charge on any atom is -0.392 e. The standard InChI is InChI=1S/C14H22N4OS/c1-10(2)18-11(6-9-16-18)17-13(19)14(12(15)20)7-4-3-5-8-14/h6,9-10H,3-5,7-8H2,1-2H3,(H2,15,20)(H,17,19). The van der Waals surface area contributed by atoms with E-state index in [4.69, 9.17) is 18.0 Å². The SMILES string of the molecule is CC(C)n1nccc1NC(=O)C1(C(N)=S)CCCCC1. The predicted molar refractivity (Wildman–Crippen MR) is 83.5 cm³/mol. The van der Waals surface area contributed by atoms with Crippen LogP contribution in [0.1, 0.15) is 52.0 Å². The molecule has 0 aromatic carbocycles. The van der Waals surface area contributed by atoms with Crippen molar-refractivity contribution in [3.05, 3.63) is 12.3 Å². The van der Waals surface area contributed by atoms with Crippen LogP contribution in [0.25, 0.3) is 0 Å². The summed E-state index contributed by atoms with van der Waals surface area (Å²) >= 11 is 5.18. The number of hydrogen-bond acceptors (Lipinski definition) is 3. The number of carbonyl (C=O) groups is 1. The first-order valence-corrected chi connectivity index (χ1v) is 7.53. The second-order valence-electron chi connectivity index (χ2n) is 5.72. The normalized spacial score (nSPS) is 17.9. The van der Waals surface area contributed by atoms with Gasteiger partial charge in [-0.3, -0.25) is 4.79 Å². The Bertz CT molecular complexity index is 503. The van der Waals surface area contributed by atoms with Crippen molar-refractivity contribution in [1.29, 1.82) is 0 Å². The van der Waals surface area contributed by atoms with Crippen molar-refractivity contribution in [2.45, 2.75) is 52.0 Å². The van der Waals surface area contributed by atoms with Gasteiger partial charge in [0.2, 0.25) is 5.91 Å². The number of hydrogen-bond donors (Lipinski definition) is 2. The average molecular weight is 294 g/mol. The van der Waals surface area contributed by atoms with E-state index in [1.165, 1.54) is 0 Å².